The van der Waals surface area contributed by atoms with Crippen molar-refractivity contribution in [2.45, 2.75) is 26.4 Å². The van der Waals surface area contributed by atoms with E-state index >= 15 is 0 Å². The summed E-state index contributed by atoms with van der Waals surface area (Å²) in [4.78, 5) is 10.4. The molecule has 0 unspecified atom stereocenters. The fourth-order valence-electron chi connectivity index (χ4n) is 1.20. The minimum Gasteiger partial charge on any atom is -0.488 e. The van der Waals surface area contributed by atoms with Crippen LogP contribution in [0.5, 0.6) is 5.75 Å². The van der Waals surface area contributed by atoms with E-state index in [2.05, 4.69) is 0 Å². The highest BCUT2D eigenvalue weighted by molar-refractivity contribution is 5.85. The predicted octanol–water partition coefficient (Wildman–Crippen LogP) is 2.96. The first-order chi connectivity index (χ1) is 7.37. The normalized spacial score (nSPS) is 11.7. The van der Waals surface area contributed by atoms with Crippen LogP contribution in [0.15, 0.2) is 30.3 Å². The highest BCUT2D eigenvalue weighted by atomic mass is 16.5. The van der Waals surface area contributed by atoms with Crippen LogP contribution < -0.4 is 4.74 Å². The Balaban J connectivity index is 2.83. The van der Waals surface area contributed by atoms with Gasteiger partial charge in [0.05, 0.1) is 0 Å². The van der Waals surface area contributed by atoms with Crippen LogP contribution in [0, 0.1) is 0 Å². The summed E-state index contributed by atoms with van der Waals surface area (Å²) >= 11 is 0. The molecule has 0 heterocycles. The maximum absolute atomic E-state index is 10.4. The molecule has 1 aromatic rings. The molecule has 0 fully saturated rings. The zero-order chi connectivity index (χ0) is 12.2. The second kappa shape index (κ2) is 4.84. The number of carboxylic acids is 1. The van der Waals surface area contributed by atoms with E-state index in [4.69, 9.17) is 9.84 Å². The summed E-state index contributed by atoms with van der Waals surface area (Å²) in [5.41, 5.74) is 0.555. The second-order valence-electron chi connectivity index (χ2n) is 4.46. The van der Waals surface area contributed by atoms with Gasteiger partial charge in [0.1, 0.15) is 11.4 Å². The summed E-state index contributed by atoms with van der Waals surface area (Å²) in [6.45, 7) is 5.90. The minimum atomic E-state index is -0.956. The molecule has 0 saturated carbocycles. The lowest BCUT2D eigenvalue weighted by atomic mass is 10.1. The van der Waals surface area contributed by atoms with Crippen LogP contribution in [0.3, 0.4) is 0 Å². The number of hydrogen-bond donors (Lipinski definition) is 1. The summed E-state index contributed by atoms with van der Waals surface area (Å²) in [6, 6.07) is 7.33. The Kier molecular flexibility index (Phi) is 3.72. The molecular formula is C13H16O3. The maximum atomic E-state index is 10.4. The molecule has 0 bridgehead atoms. The molecule has 1 N–H and O–H groups in total. The van der Waals surface area contributed by atoms with E-state index in [9.17, 15) is 4.79 Å². The molecule has 0 radical (unpaired) electrons. The van der Waals surface area contributed by atoms with E-state index in [-0.39, 0.29) is 5.60 Å². The first kappa shape index (κ1) is 12.3. The van der Waals surface area contributed by atoms with Crippen molar-refractivity contribution in [1.82, 2.24) is 0 Å². The van der Waals surface area contributed by atoms with Gasteiger partial charge in [-0.2, -0.15) is 0 Å². The molecule has 16 heavy (non-hydrogen) atoms. The van der Waals surface area contributed by atoms with Crippen molar-refractivity contribution in [2.24, 2.45) is 0 Å². The quantitative estimate of drug-likeness (QED) is 0.796. The molecule has 86 valence electrons. The highest BCUT2D eigenvalue weighted by Crippen LogP contribution is 2.19. The molecule has 3 heteroatoms. The number of carboxylic acid groups (broad SMARTS) is 1. The molecule has 3 nitrogen and oxygen atoms in total. The van der Waals surface area contributed by atoms with Gasteiger partial charge in [0.15, 0.2) is 0 Å². The van der Waals surface area contributed by atoms with Crippen molar-refractivity contribution in [3.8, 4) is 5.75 Å². The van der Waals surface area contributed by atoms with Gasteiger partial charge in [0.2, 0.25) is 0 Å². The third-order valence-electron chi connectivity index (χ3n) is 1.70. The average Bonchev–Trinajstić information content (AvgIpc) is 2.12. The number of hydrogen-bond acceptors (Lipinski definition) is 2. The number of aliphatic carboxylic acids is 1. The number of ether oxygens (including phenoxy) is 1. The lowest BCUT2D eigenvalue weighted by molar-refractivity contribution is -0.131. The zero-order valence-electron chi connectivity index (χ0n) is 9.73. The van der Waals surface area contributed by atoms with Gasteiger partial charge in [0.25, 0.3) is 0 Å². The monoisotopic (exact) mass is 220 g/mol. The fourth-order valence-corrected chi connectivity index (χ4v) is 1.20. The lowest BCUT2D eigenvalue weighted by Gasteiger charge is -2.21. The number of rotatable bonds is 3. The van der Waals surface area contributed by atoms with Crippen LogP contribution in [-0.2, 0) is 4.79 Å². The third-order valence-corrected chi connectivity index (χ3v) is 1.70. The molecule has 0 amide bonds. The highest BCUT2D eigenvalue weighted by Gasteiger charge is 2.11. The Morgan fingerprint density at radius 2 is 2.06 bits per heavy atom. The van der Waals surface area contributed by atoms with Crippen molar-refractivity contribution in [3.63, 3.8) is 0 Å². The van der Waals surface area contributed by atoms with Crippen LogP contribution >= 0.6 is 0 Å². The van der Waals surface area contributed by atoms with E-state index in [0.29, 0.717) is 0 Å². The van der Waals surface area contributed by atoms with Crippen LogP contribution in [0.25, 0.3) is 6.08 Å². The molecular weight excluding hydrogens is 204 g/mol. The van der Waals surface area contributed by atoms with Gasteiger partial charge in [-0.25, -0.2) is 4.79 Å². The zero-order valence-corrected chi connectivity index (χ0v) is 9.73. The van der Waals surface area contributed by atoms with E-state index in [0.717, 1.165) is 17.4 Å². The van der Waals surface area contributed by atoms with E-state index in [1.54, 1.807) is 0 Å². The van der Waals surface area contributed by atoms with Crippen molar-refractivity contribution < 1.29 is 14.6 Å². The molecule has 0 aliphatic rings. The molecule has 1 aromatic carbocycles. The first-order valence-electron chi connectivity index (χ1n) is 5.07. The molecule has 0 aromatic heterocycles. The van der Waals surface area contributed by atoms with E-state index in [1.165, 1.54) is 6.08 Å². The summed E-state index contributed by atoms with van der Waals surface area (Å²) in [6.07, 6.45) is 2.65. The summed E-state index contributed by atoms with van der Waals surface area (Å²) in [5.74, 6) is -0.220. The van der Waals surface area contributed by atoms with Gasteiger partial charge < -0.3 is 9.84 Å². The number of carbonyl (C=O) groups is 1. The molecule has 0 spiro atoms. The third kappa shape index (κ3) is 4.64. The van der Waals surface area contributed by atoms with Crippen molar-refractivity contribution in [1.29, 1.82) is 0 Å². The summed E-state index contributed by atoms with van der Waals surface area (Å²) in [7, 11) is 0. The minimum absolute atomic E-state index is 0.255. The standard InChI is InChI=1S/C13H16O3/c1-13(2,3)16-11-6-4-5-10(9-11)7-8-12(14)15/h4-9H,1-3H3,(H,14,15)/b8-7+. The van der Waals surface area contributed by atoms with Crippen molar-refractivity contribution >= 4 is 12.0 Å². The van der Waals surface area contributed by atoms with Gasteiger partial charge in [-0.3, -0.25) is 0 Å². The van der Waals surface area contributed by atoms with E-state index < -0.39 is 5.97 Å². The molecule has 0 atom stereocenters. The number of benzene rings is 1. The fraction of sp³-hybridized carbons (Fsp3) is 0.308. The van der Waals surface area contributed by atoms with E-state index in [1.807, 2.05) is 45.0 Å². The Bertz CT molecular complexity index is 400. The maximum Gasteiger partial charge on any atom is 0.328 e. The Hall–Kier alpha value is -1.77. The van der Waals surface area contributed by atoms with Crippen LogP contribution in [0.1, 0.15) is 26.3 Å². The topological polar surface area (TPSA) is 46.5 Å². The molecule has 0 saturated heterocycles. The SMILES string of the molecule is CC(C)(C)Oc1cccc(/C=C/C(=O)O)c1. The van der Waals surface area contributed by atoms with Crippen LogP contribution in [0.4, 0.5) is 0 Å². The van der Waals surface area contributed by atoms with Crippen LogP contribution in [-0.4, -0.2) is 16.7 Å². The van der Waals surface area contributed by atoms with Crippen molar-refractivity contribution in [3.05, 3.63) is 35.9 Å². The van der Waals surface area contributed by atoms with Gasteiger partial charge in [0, 0.05) is 6.08 Å². The predicted molar refractivity (Wildman–Crippen MR) is 63.5 cm³/mol. The van der Waals surface area contributed by atoms with Crippen molar-refractivity contribution in [2.75, 3.05) is 0 Å². The summed E-state index contributed by atoms with van der Waals surface area (Å²) in [5, 5.41) is 8.51. The largest absolute Gasteiger partial charge is 0.488 e. The smallest absolute Gasteiger partial charge is 0.328 e. The van der Waals surface area contributed by atoms with Gasteiger partial charge in [-0.1, -0.05) is 12.1 Å². The van der Waals surface area contributed by atoms with Gasteiger partial charge in [-0.05, 0) is 44.5 Å². The Labute approximate surface area is 95.4 Å². The lowest BCUT2D eigenvalue weighted by Crippen LogP contribution is -2.22. The second-order valence-corrected chi connectivity index (χ2v) is 4.46. The van der Waals surface area contributed by atoms with Crippen LogP contribution in [0.2, 0.25) is 0 Å². The molecule has 0 aliphatic heterocycles. The first-order valence-corrected chi connectivity index (χ1v) is 5.07. The summed E-state index contributed by atoms with van der Waals surface area (Å²) < 4.78 is 5.67. The Morgan fingerprint density at radius 3 is 2.62 bits per heavy atom. The molecule has 1 rings (SSSR count). The average molecular weight is 220 g/mol. The van der Waals surface area contributed by atoms with Gasteiger partial charge >= 0.3 is 5.97 Å². The molecule has 0 aliphatic carbocycles. The van der Waals surface area contributed by atoms with Gasteiger partial charge in [-0.15, -0.1) is 0 Å². The Morgan fingerprint density at radius 1 is 1.38 bits per heavy atom.